The molecule has 0 spiro atoms. The normalized spacial score (nSPS) is 11.5. The van der Waals surface area contributed by atoms with Crippen LogP contribution in [-0.2, 0) is 9.84 Å². The van der Waals surface area contributed by atoms with Gasteiger partial charge in [-0.2, -0.15) is 0 Å². The predicted octanol–water partition coefficient (Wildman–Crippen LogP) is 3.62. The zero-order valence-electron chi connectivity index (χ0n) is 15.7. The molecule has 2 heterocycles. The first-order valence-electron chi connectivity index (χ1n) is 8.77. The second-order valence-electron chi connectivity index (χ2n) is 6.64. The van der Waals surface area contributed by atoms with Crippen molar-refractivity contribution in [3.05, 3.63) is 71.0 Å². The van der Waals surface area contributed by atoms with E-state index in [4.69, 9.17) is 5.73 Å². The highest BCUT2D eigenvalue weighted by molar-refractivity contribution is 9.10. The molecule has 0 atom stereocenters. The number of hydrogen-bond acceptors (Lipinski definition) is 6. The number of aromatic nitrogens is 3. The Kier molecular flexibility index (Phi) is 5.08. The molecule has 30 heavy (non-hydrogen) atoms. The highest BCUT2D eigenvalue weighted by Crippen LogP contribution is 2.32. The Hall–Kier alpha value is -3.17. The van der Waals surface area contributed by atoms with Crippen molar-refractivity contribution in [3.63, 3.8) is 0 Å². The van der Waals surface area contributed by atoms with Crippen LogP contribution in [0.25, 0.3) is 33.5 Å². The number of carbonyl (C=O) groups is 1. The number of benzene rings is 2. The summed E-state index contributed by atoms with van der Waals surface area (Å²) in [5.74, 6) is -0.383. The summed E-state index contributed by atoms with van der Waals surface area (Å²) in [6, 6.07) is 15.5. The molecule has 4 rings (SSSR count). The fraction of sp³-hybridized carbons (Fsp3) is 0.0476. The lowest BCUT2D eigenvalue weighted by Gasteiger charge is -2.10. The average molecular weight is 483 g/mol. The Morgan fingerprint density at radius 3 is 2.47 bits per heavy atom. The first-order valence-corrected chi connectivity index (χ1v) is 11.5. The molecular weight excluding hydrogens is 468 g/mol. The molecule has 0 aliphatic carbocycles. The topological polar surface area (TPSA) is 116 Å². The summed E-state index contributed by atoms with van der Waals surface area (Å²) in [7, 11) is -3.37. The molecule has 0 aliphatic rings. The van der Waals surface area contributed by atoms with Crippen molar-refractivity contribution in [2.24, 2.45) is 5.73 Å². The molecule has 150 valence electrons. The van der Waals surface area contributed by atoms with E-state index < -0.39 is 15.7 Å². The summed E-state index contributed by atoms with van der Waals surface area (Å²) in [6.07, 6.45) is 2.72. The second kappa shape index (κ2) is 7.58. The van der Waals surface area contributed by atoms with Gasteiger partial charge in [-0.15, -0.1) is 0 Å². The summed E-state index contributed by atoms with van der Waals surface area (Å²) in [6.45, 7) is 0. The maximum atomic E-state index is 12.1. The van der Waals surface area contributed by atoms with Crippen LogP contribution in [0.2, 0.25) is 0 Å². The molecule has 0 bridgehead atoms. The molecule has 0 saturated carbocycles. The Balaban J connectivity index is 1.90. The van der Waals surface area contributed by atoms with E-state index in [-0.39, 0.29) is 16.2 Å². The van der Waals surface area contributed by atoms with Crippen LogP contribution >= 0.6 is 15.9 Å². The fourth-order valence-electron chi connectivity index (χ4n) is 3.04. The third kappa shape index (κ3) is 3.81. The molecule has 9 heteroatoms. The summed E-state index contributed by atoms with van der Waals surface area (Å²) in [4.78, 5) is 25.4. The van der Waals surface area contributed by atoms with Crippen LogP contribution in [-0.4, -0.2) is 35.5 Å². The van der Waals surface area contributed by atoms with E-state index in [1.165, 1.54) is 12.1 Å². The summed E-state index contributed by atoms with van der Waals surface area (Å²) < 4.78 is 24.5. The van der Waals surface area contributed by atoms with E-state index in [2.05, 4.69) is 30.9 Å². The molecule has 2 aromatic carbocycles. The number of primary amides is 1. The molecule has 0 radical (unpaired) electrons. The van der Waals surface area contributed by atoms with Gasteiger partial charge in [0.15, 0.2) is 21.3 Å². The number of sulfone groups is 1. The smallest absolute Gasteiger partial charge is 0.268 e. The van der Waals surface area contributed by atoms with Gasteiger partial charge in [0, 0.05) is 33.4 Å². The van der Waals surface area contributed by atoms with Gasteiger partial charge in [-0.3, -0.25) is 4.79 Å². The van der Waals surface area contributed by atoms with Gasteiger partial charge in [0.05, 0.1) is 4.90 Å². The zero-order valence-corrected chi connectivity index (χ0v) is 18.1. The van der Waals surface area contributed by atoms with Gasteiger partial charge in [-0.1, -0.05) is 46.3 Å². The Bertz CT molecular complexity index is 1420. The lowest BCUT2D eigenvalue weighted by molar-refractivity contribution is 0.0996. The van der Waals surface area contributed by atoms with Crippen molar-refractivity contribution in [2.45, 2.75) is 4.90 Å². The first kappa shape index (κ1) is 20.1. The number of hydrogen-bond donors (Lipinski definition) is 1. The van der Waals surface area contributed by atoms with Gasteiger partial charge in [0.1, 0.15) is 5.69 Å². The second-order valence-corrected chi connectivity index (χ2v) is 9.51. The minimum Gasteiger partial charge on any atom is -0.364 e. The highest BCUT2D eigenvalue weighted by Gasteiger charge is 2.17. The molecule has 1 amide bonds. The number of nitrogens with zero attached hydrogens (tertiary/aromatic N) is 3. The van der Waals surface area contributed by atoms with Gasteiger partial charge in [0.2, 0.25) is 0 Å². The lowest BCUT2D eigenvalue weighted by atomic mass is 10.0. The quantitative estimate of drug-likeness (QED) is 0.474. The van der Waals surface area contributed by atoms with Gasteiger partial charge in [-0.05, 0) is 29.8 Å². The van der Waals surface area contributed by atoms with Crippen molar-refractivity contribution in [1.29, 1.82) is 0 Å². The molecule has 2 N–H and O–H groups in total. The predicted molar refractivity (Wildman–Crippen MR) is 118 cm³/mol. The minimum absolute atomic E-state index is 0.0870. The van der Waals surface area contributed by atoms with Crippen molar-refractivity contribution in [2.75, 3.05) is 6.26 Å². The summed E-state index contributed by atoms with van der Waals surface area (Å²) in [5.41, 5.74) is 7.82. The number of pyridine rings is 1. The van der Waals surface area contributed by atoms with E-state index in [0.29, 0.717) is 22.3 Å². The van der Waals surface area contributed by atoms with Crippen molar-refractivity contribution in [1.82, 2.24) is 15.0 Å². The number of halogens is 1. The van der Waals surface area contributed by atoms with Gasteiger partial charge < -0.3 is 5.73 Å². The molecular formula is C21H15BrN4O3S. The van der Waals surface area contributed by atoms with E-state index in [1.807, 2.05) is 24.3 Å². The van der Waals surface area contributed by atoms with E-state index in [1.54, 1.807) is 24.4 Å². The van der Waals surface area contributed by atoms with Crippen molar-refractivity contribution >= 4 is 42.7 Å². The lowest BCUT2D eigenvalue weighted by Crippen LogP contribution is -2.15. The molecule has 7 nitrogen and oxygen atoms in total. The SMILES string of the molecule is CS(=O)(=O)c1cccc(-c2ncc3cc(-c4ccccc4Br)c(C(N)=O)nc3n2)c1. The van der Waals surface area contributed by atoms with Crippen LogP contribution in [0.15, 0.2) is 70.2 Å². The zero-order chi connectivity index (χ0) is 21.5. The standard InChI is InChI=1S/C21H15BrN4O3S/c1-30(28,29)14-6-4-5-12(9-14)20-24-11-13-10-16(15-7-2-3-8-17(15)22)18(19(23)27)25-21(13)26-20/h2-11H,1H3,(H2,23,27). The first-order chi connectivity index (χ1) is 14.2. The number of amides is 1. The van der Waals surface area contributed by atoms with Crippen LogP contribution < -0.4 is 5.73 Å². The van der Waals surface area contributed by atoms with Crippen LogP contribution in [0.3, 0.4) is 0 Å². The van der Waals surface area contributed by atoms with Gasteiger partial charge in [0.25, 0.3) is 5.91 Å². The maximum Gasteiger partial charge on any atom is 0.268 e. The van der Waals surface area contributed by atoms with Crippen LogP contribution in [0.5, 0.6) is 0 Å². The largest absolute Gasteiger partial charge is 0.364 e. The Morgan fingerprint density at radius 1 is 1.00 bits per heavy atom. The van der Waals surface area contributed by atoms with Crippen molar-refractivity contribution < 1.29 is 13.2 Å². The minimum atomic E-state index is -3.37. The average Bonchev–Trinajstić information content (AvgIpc) is 2.72. The highest BCUT2D eigenvalue weighted by atomic mass is 79.9. The maximum absolute atomic E-state index is 12.1. The molecule has 0 saturated heterocycles. The van der Waals surface area contributed by atoms with Crippen LogP contribution in [0, 0.1) is 0 Å². The number of carbonyl (C=O) groups excluding carboxylic acids is 1. The number of nitrogens with two attached hydrogens (primary N) is 1. The van der Waals surface area contributed by atoms with E-state index in [9.17, 15) is 13.2 Å². The molecule has 0 fully saturated rings. The molecule has 4 aromatic rings. The Morgan fingerprint density at radius 2 is 1.77 bits per heavy atom. The number of rotatable bonds is 4. The van der Waals surface area contributed by atoms with Crippen molar-refractivity contribution in [3.8, 4) is 22.5 Å². The van der Waals surface area contributed by atoms with Crippen LogP contribution in [0.1, 0.15) is 10.5 Å². The molecule has 2 aromatic heterocycles. The van der Waals surface area contributed by atoms with Gasteiger partial charge >= 0.3 is 0 Å². The molecule has 0 unspecified atom stereocenters. The summed E-state index contributed by atoms with van der Waals surface area (Å²) in [5, 5.41) is 0.619. The van der Waals surface area contributed by atoms with E-state index >= 15 is 0 Å². The number of fused-ring (bicyclic) bond motifs is 1. The van der Waals surface area contributed by atoms with Gasteiger partial charge in [-0.25, -0.2) is 23.4 Å². The van der Waals surface area contributed by atoms with E-state index in [0.717, 1.165) is 16.3 Å². The fourth-order valence-corrected chi connectivity index (χ4v) is 4.21. The molecule has 0 aliphatic heterocycles. The monoisotopic (exact) mass is 482 g/mol. The summed E-state index contributed by atoms with van der Waals surface area (Å²) >= 11 is 3.49. The van der Waals surface area contributed by atoms with Crippen LogP contribution in [0.4, 0.5) is 0 Å². The third-order valence-electron chi connectivity index (χ3n) is 4.49. The third-order valence-corrected chi connectivity index (χ3v) is 6.29. The Labute approximate surface area is 181 Å².